The Hall–Kier alpha value is -12.5. The normalized spacial score (nSPS) is 12.2. The number of rotatable bonds is 9. The molecule has 0 saturated carbocycles. The maximum Gasteiger partial charge on any atom is 0.0540 e. The van der Waals surface area contributed by atoms with Gasteiger partial charge < -0.3 is 19.6 Å². The van der Waals surface area contributed by atoms with Gasteiger partial charge in [-0.1, -0.05) is 237 Å². The molecule has 3 heterocycles. The first-order chi connectivity index (χ1) is 46.6. The van der Waals surface area contributed by atoms with E-state index in [2.05, 4.69) is 384 Å². The fourth-order valence-corrected chi connectivity index (χ4v) is 14.7. The summed E-state index contributed by atoms with van der Waals surface area (Å²) < 4.78 is 0. The Morgan fingerprint density at radius 3 is 0.617 bits per heavy atom. The second-order valence-corrected chi connectivity index (χ2v) is 24.4. The van der Waals surface area contributed by atoms with Gasteiger partial charge in [-0.15, -0.1) is 0 Å². The molecule has 0 fully saturated rings. The van der Waals surface area contributed by atoms with E-state index in [9.17, 15) is 0 Å². The molecule has 0 N–H and O–H groups in total. The van der Waals surface area contributed by atoms with Gasteiger partial charge in [0.2, 0.25) is 0 Å². The minimum atomic E-state index is 1.06. The zero-order valence-corrected chi connectivity index (χ0v) is 51.4. The molecule has 94 heavy (non-hydrogen) atoms. The smallest absolute Gasteiger partial charge is 0.0540 e. The summed E-state index contributed by atoms with van der Waals surface area (Å²) in [7, 11) is 0. The van der Waals surface area contributed by atoms with Gasteiger partial charge in [0.05, 0.1) is 34.1 Å². The van der Waals surface area contributed by atoms with Gasteiger partial charge in [-0.2, -0.15) is 0 Å². The zero-order chi connectivity index (χ0) is 62.1. The second-order valence-electron chi connectivity index (χ2n) is 24.4. The SMILES string of the molecule is c1ccc(N2c3ccccc3-c3ccccc3-c3cc(-c4ccc(N(c5ccc(-c6ccc7c(c6)-c6ccccc6-c6ccccc6N7c6ccccc6)cc5)c5ccc(-c6ccc7c(c6)-c6ccccc6-c6ccccc6N7c6ccccc6)cc5)cc4)ccc32)cc1. The monoisotopic (exact) mass is 1200 g/mol. The topological polar surface area (TPSA) is 13.0 Å². The molecule has 0 radical (unpaired) electrons. The predicted molar refractivity (Wildman–Crippen MR) is 395 cm³/mol. The van der Waals surface area contributed by atoms with Crippen LogP contribution in [-0.2, 0) is 0 Å². The van der Waals surface area contributed by atoms with Crippen LogP contribution in [0.4, 0.5) is 68.2 Å². The Morgan fingerprint density at radius 1 is 0.149 bits per heavy atom. The van der Waals surface area contributed by atoms with E-state index >= 15 is 0 Å². The number of para-hydroxylation sites is 6. The van der Waals surface area contributed by atoms with Crippen LogP contribution in [-0.4, -0.2) is 0 Å². The lowest BCUT2D eigenvalue weighted by atomic mass is 9.92. The maximum atomic E-state index is 2.42. The van der Waals surface area contributed by atoms with Crippen LogP contribution in [0.5, 0.6) is 0 Å². The van der Waals surface area contributed by atoms with Gasteiger partial charge in [0.25, 0.3) is 0 Å². The summed E-state index contributed by atoms with van der Waals surface area (Å²) in [6, 6.07) is 134. The summed E-state index contributed by atoms with van der Waals surface area (Å²) in [5.74, 6) is 0. The first-order valence-corrected chi connectivity index (χ1v) is 32.3. The average molecular weight is 1200 g/mol. The summed E-state index contributed by atoms with van der Waals surface area (Å²) in [4.78, 5) is 9.65. The lowest BCUT2D eigenvalue weighted by Gasteiger charge is -2.28. The molecule has 4 nitrogen and oxygen atoms in total. The molecular formula is C90H60N4. The molecule has 3 aliphatic heterocycles. The highest BCUT2D eigenvalue weighted by atomic mass is 15.2. The molecule has 0 bridgehead atoms. The minimum Gasteiger partial charge on any atom is -0.311 e. The molecule has 0 aliphatic carbocycles. The molecule has 0 spiro atoms. The van der Waals surface area contributed by atoms with Crippen molar-refractivity contribution in [3.05, 3.63) is 364 Å². The van der Waals surface area contributed by atoms with E-state index in [1.165, 1.54) is 66.8 Å². The molecule has 440 valence electrons. The maximum absolute atomic E-state index is 2.42. The third kappa shape index (κ3) is 9.22. The van der Waals surface area contributed by atoms with Crippen molar-refractivity contribution >= 4 is 68.2 Å². The van der Waals surface area contributed by atoms with Crippen LogP contribution in [0, 0.1) is 0 Å². The number of hydrogen-bond donors (Lipinski definition) is 0. The molecule has 0 aromatic heterocycles. The van der Waals surface area contributed by atoms with Crippen molar-refractivity contribution in [3.8, 4) is 100 Å². The van der Waals surface area contributed by atoms with Gasteiger partial charge in [0.1, 0.15) is 0 Å². The predicted octanol–water partition coefficient (Wildman–Crippen LogP) is 25.5. The van der Waals surface area contributed by atoms with Crippen LogP contribution in [0.15, 0.2) is 364 Å². The van der Waals surface area contributed by atoms with Crippen LogP contribution in [0.25, 0.3) is 100 Å². The molecule has 0 amide bonds. The summed E-state index contributed by atoms with van der Waals surface area (Å²) in [5, 5.41) is 0. The highest BCUT2D eigenvalue weighted by molar-refractivity contribution is 6.07. The molecule has 15 aromatic rings. The van der Waals surface area contributed by atoms with Crippen LogP contribution < -0.4 is 19.6 Å². The Kier molecular flexibility index (Phi) is 13.2. The lowest BCUT2D eigenvalue weighted by Crippen LogP contribution is -2.11. The summed E-state index contributed by atoms with van der Waals surface area (Å²) >= 11 is 0. The Bertz CT molecular complexity index is 4840. The van der Waals surface area contributed by atoms with Gasteiger partial charge >= 0.3 is 0 Å². The zero-order valence-electron chi connectivity index (χ0n) is 51.4. The Labute approximate surface area is 548 Å². The number of hydrogen-bond acceptors (Lipinski definition) is 4. The molecule has 3 aliphatic rings. The molecule has 0 unspecified atom stereocenters. The first kappa shape index (κ1) is 54.4. The molecule has 15 aromatic carbocycles. The second kappa shape index (κ2) is 22.8. The van der Waals surface area contributed by atoms with E-state index in [4.69, 9.17) is 0 Å². The van der Waals surface area contributed by atoms with Crippen molar-refractivity contribution in [3.63, 3.8) is 0 Å². The van der Waals surface area contributed by atoms with Crippen LogP contribution >= 0.6 is 0 Å². The van der Waals surface area contributed by atoms with E-state index < -0.39 is 0 Å². The summed E-state index contributed by atoms with van der Waals surface area (Å²) in [5.41, 5.74) is 34.8. The van der Waals surface area contributed by atoms with Crippen molar-refractivity contribution in [2.75, 3.05) is 19.6 Å². The third-order valence-electron chi connectivity index (χ3n) is 19.1. The largest absolute Gasteiger partial charge is 0.311 e. The molecule has 4 heteroatoms. The van der Waals surface area contributed by atoms with Gasteiger partial charge in [-0.3, -0.25) is 0 Å². The van der Waals surface area contributed by atoms with Crippen LogP contribution in [0.3, 0.4) is 0 Å². The van der Waals surface area contributed by atoms with Gasteiger partial charge in [0, 0.05) is 67.5 Å². The number of fused-ring (bicyclic) bond motifs is 15. The lowest BCUT2D eigenvalue weighted by molar-refractivity contribution is 1.28. The number of nitrogens with zero attached hydrogens (tertiary/aromatic N) is 4. The minimum absolute atomic E-state index is 1.06. The van der Waals surface area contributed by atoms with Gasteiger partial charge in [0.15, 0.2) is 0 Å². The molecule has 0 saturated heterocycles. The van der Waals surface area contributed by atoms with Crippen molar-refractivity contribution in [2.24, 2.45) is 0 Å². The van der Waals surface area contributed by atoms with Crippen molar-refractivity contribution < 1.29 is 0 Å². The molecular weight excluding hydrogens is 1140 g/mol. The van der Waals surface area contributed by atoms with E-state index in [1.54, 1.807) is 0 Å². The number of benzene rings is 15. The first-order valence-electron chi connectivity index (χ1n) is 32.3. The molecule has 0 atom stereocenters. The van der Waals surface area contributed by atoms with E-state index in [-0.39, 0.29) is 0 Å². The van der Waals surface area contributed by atoms with E-state index in [1.807, 2.05) is 0 Å². The fourth-order valence-electron chi connectivity index (χ4n) is 14.7. The summed E-state index contributed by atoms with van der Waals surface area (Å²) in [6.07, 6.45) is 0. The van der Waals surface area contributed by atoms with Crippen LogP contribution in [0.2, 0.25) is 0 Å². The molecule has 18 rings (SSSR count). The average Bonchev–Trinajstić information content (AvgIpc) is 1.65. The van der Waals surface area contributed by atoms with E-state index in [0.29, 0.717) is 0 Å². The Morgan fingerprint density at radius 2 is 0.351 bits per heavy atom. The van der Waals surface area contributed by atoms with Gasteiger partial charge in [-0.25, -0.2) is 0 Å². The highest BCUT2D eigenvalue weighted by Crippen LogP contribution is 2.55. The Balaban J connectivity index is 0.741. The fraction of sp³-hybridized carbons (Fsp3) is 0. The van der Waals surface area contributed by atoms with E-state index in [0.717, 1.165) is 102 Å². The summed E-state index contributed by atoms with van der Waals surface area (Å²) in [6.45, 7) is 0. The number of anilines is 12. The van der Waals surface area contributed by atoms with Gasteiger partial charge in [-0.05, 0) is 194 Å². The standard InChI is InChI=1S/C90H60N4/c1-4-22-67(23-5-1)92-85-37-19-16-34-79(85)73-28-10-13-31-76(73)82-58-64(46-55-88(82)92)61-40-49-70(50-41-61)91(71-51-42-62(43-52-71)65-47-56-89-83(59-65)77-32-14-11-29-74(77)80-35-17-20-38-86(80)93(89)68-24-6-2-7-25-68)72-53-44-63(45-54-72)66-48-57-90-84(60-66)78-33-15-12-30-75(78)81-36-18-21-39-87(81)94(90)69-26-8-3-9-27-69/h1-60H. The highest BCUT2D eigenvalue weighted by Gasteiger charge is 2.30. The van der Waals surface area contributed by atoms with Crippen molar-refractivity contribution in [1.29, 1.82) is 0 Å². The van der Waals surface area contributed by atoms with Crippen molar-refractivity contribution in [1.82, 2.24) is 0 Å². The third-order valence-corrected chi connectivity index (χ3v) is 19.1. The van der Waals surface area contributed by atoms with Crippen LogP contribution in [0.1, 0.15) is 0 Å². The van der Waals surface area contributed by atoms with Crippen molar-refractivity contribution in [2.45, 2.75) is 0 Å². The quantitative estimate of drug-likeness (QED) is 0.143.